The summed E-state index contributed by atoms with van der Waals surface area (Å²) in [6, 6.07) is -1.16. The van der Waals surface area contributed by atoms with Gasteiger partial charge in [0.15, 0.2) is 5.76 Å². The molecular formula is C16H25N3O4. The lowest BCUT2D eigenvalue weighted by molar-refractivity contribution is -0.138. The molecule has 0 bridgehead atoms. The molecule has 7 heteroatoms. The maximum Gasteiger partial charge on any atom is 0.290 e. The third kappa shape index (κ3) is 3.33. The van der Waals surface area contributed by atoms with Crippen molar-refractivity contribution in [1.29, 1.82) is 0 Å². The minimum absolute atomic E-state index is 0.113. The van der Waals surface area contributed by atoms with Crippen LogP contribution in [0.1, 0.15) is 46.0 Å². The van der Waals surface area contributed by atoms with Gasteiger partial charge in [0.25, 0.3) is 11.8 Å². The fourth-order valence-electron chi connectivity index (χ4n) is 3.37. The Morgan fingerprint density at radius 2 is 1.74 bits per heavy atom. The van der Waals surface area contributed by atoms with Crippen molar-refractivity contribution in [2.24, 2.45) is 0 Å². The Morgan fingerprint density at radius 1 is 1.13 bits per heavy atom. The fourth-order valence-corrected chi connectivity index (χ4v) is 3.37. The number of aliphatic hydroxyl groups excluding tert-OH is 1. The summed E-state index contributed by atoms with van der Waals surface area (Å²) in [7, 11) is 0. The summed E-state index contributed by atoms with van der Waals surface area (Å²) in [6.07, 6.45) is 4.64. The molecule has 128 valence electrons. The Bertz CT molecular complexity index is 523. The van der Waals surface area contributed by atoms with Crippen LogP contribution in [0.15, 0.2) is 11.3 Å². The molecule has 0 radical (unpaired) electrons. The monoisotopic (exact) mass is 323 g/mol. The Kier molecular flexibility index (Phi) is 5.63. The molecule has 1 atom stereocenters. The molecule has 1 heterocycles. The zero-order chi connectivity index (χ0) is 17.0. The van der Waals surface area contributed by atoms with Gasteiger partial charge in [0, 0.05) is 19.1 Å². The lowest BCUT2D eigenvalue weighted by Crippen LogP contribution is -2.53. The smallest absolute Gasteiger partial charge is 0.290 e. The van der Waals surface area contributed by atoms with Gasteiger partial charge in [0.2, 0.25) is 5.91 Å². The average Bonchev–Trinajstić information content (AvgIpc) is 2.81. The van der Waals surface area contributed by atoms with Gasteiger partial charge in [-0.1, -0.05) is 19.3 Å². The van der Waals surface area contributed by atoms with E-state index in [1.807, 2.05) is 0 Å². The van der Waals surface area contributed by atoms with Crippen molar-refractivity contribution in [2.45, 2.75) is 58.0 Å². The molecule has 1 aliphatic heterocycles. The molecule has 2 rings (SSSR count). The third-order valence-electron chi connectivity index (χ3n) is 4.39. The van der Waals surface area contributed by atoms with E-state index in [1.165, 1.54) is 4.90 Å². The van der Waals surface area contributed by atoms with Crippen LogP contribution in [-0.2, 0) is 14.4 Å². The van der Waals surface area contributed by atoms with Crippen LogP contribution in [0.25, 0.3) is 0 Å². The van der Waals surface area contributed by atoms with Crippen molar-refractivity contribution in [3.8, 4) is 0 Å². The number of rotatable bonds is 5. The number of carbonyl (C=O) groups is 3. The van der Waals surface area contributed by atoms with Crippen molar-refractivity contribution in [1.82, 2.24) is 15.5 Å². The Labute approximate surface area is 136 Å². The third-order valence-corrected chi connectivity index (χ3v) is 4.39. The lowest BCUT2D eigenvalue weighted by Gasteiger charge is -2.35. The lowest BCUT2D eigenvalue weighted by atomic mass is 9.93. The molecule has 23 heavy (non-hydrogen) atoms. The number of aliphatic hydroxyl groups is 1. The minimum Gasteiger partial charge on any atom is -0.503 e. The maximum absolute atomic E-state index is 12.5. The zero-order valence-electron chi connectivity index (χ0n) is 13.7. The highest BCUT2D eigenvalue weighted by molar-refractivity contribution is 6.13. The summed E-state index contributed by atoms with van der Waals surface area (Å²) < 4.78 is 0. The molecule has 3 N–H and O–H groups in total. The van der Waals surface area contributed by atoms with E-state index >= 15 is 0 Å². The largest absolute Gasteiger partial charge is 0.503 e. The second-order valence-electron chi connectivity index (χ2n) is 5.92. The number of amides is 3. The number of hydrogen-bond donors (Lipinski definition) is 3. The molecule has 0 saturated heterocycles. The fraction of sp³-hybridized carbons (Fsp3) is 0.688. The van der Waals surface area contributed by atoms with Crippen LogP contribution in [0.2, 0.25) is 0 Å². The van der Waals surface area contributed by atoms with Crippen LogP contribution in [-0.4, -0.2) is 52.9 Å². The quantitative estimate of drug-likeness (QED) is 0.690. The molecule has 1 aliphatic carbocycles. The molecule has 0 aromatic carbocycles. The zero-order valence-corrected chi connectivity index (χ0v) is 13.7. The Morgan fingerprint density at radius 3 is 2.30 bits per heavy atom. The molecule has 1 saturated carbocycles. The van der Waals surface area contributed by atoms with E-state index in [4.69, 9.17) is 0 Å². The molecule has 0 aromatic heterocycles. The first-order valence-electron chi connectivity index (χ1n) is 8.34. The average molecular weight is 323 g/mol. The highest BCUT2D eigenvalue weighted by Crippen LogP contribution is 2.33. The Hall–Kier alpha value is -2.05. The van der Waals surface area contributed by atoms with Crippen LogP contribution < -0.4 is 10.6 Å². The molecule has 1 fully saturated rings. The van der Waals surface area contributed by atoms with Crippen LogP contribution in [0, 0.1) is 0 Å². The summed E-state index contributed by atoms with van der Waals surface area (Å²) in [5.41, 5.74) is -0.131. The molecule has 0 aromatic rings. The van der Waals surface area contributed by atoms with Crippen LogP contribution >= 0.6 is 0 Å². The van der Waals surface area contributed by atoms with E-state index in [0.717, 1.165) is 32.1 Å². The molecule has 7 nitrogen and oxygen atoms in total. The topological polar surface area (TPSA) is 98.7 Å². The number of nitrogens with one attached hydrogen (secondary N) is 2. The SMILES string of the molecule is CCNC(=O)C1=C(O)C(=O)N(C2CCCCC2)C1C(=O)NCC. The van der Waals surface area contributed by atoms with Gasteiger partial charge in [-0.25, -0.2) is 0 Å². The first-order valence-corrected chi connectivity index (χ1v) is 8.34. The van der Waals surface area contributed by atoms with Crippen molar-refractivity contribution < 1.29 is 19.5 Å². The molecule has 0 spiro atoms. The number of likely N-dealkylation sites (N-methyl/N-ethyl adjacent to an activating group) is 2. The van der Waals surface area contributed by atoms with Gasteiger partial charge in [-0.2, -0.15) is 0 Å². The maximum atomic E-state index is 12.5. The molecule has 3 amide bonds. The standard InChI is InChI=1S/C16H25N3O4/c1-3-17-14(21)11-12(15(22)18-4-2)19(16(23)13(11)20)10-8-6-5-7-9-10/h10,12,20H,3-9H2,1-2H3,(H,17,21)(H,18,22). The van der Waals surface area contributed by atoms with Gasteiger partial charge in [-0.15, -0.1) is 0 Å². The van der Waals surface area contributed by atoms with Gasteiger partial charge < -0.3 is 20.6 Å². The first kappa shape index (κ1) is 17.3. The highest BCUT2D eigenvalue weighted by Gasteiger charge is 2.49. The number of nitrogens with zero attached hydrogens (tertiary/aromatic N) is 1. The van der Waals surface area contributed by atoms with Gasteiger partial charge in [0.1, 0.15) is 6.04 Å². The molecule has 2 aliphatic rings. The van der Waals surface area contributed by atoms with E-state index < -0.39 is 29.5 Å². The van der Waals surface area contributed by atoms with Gasteiger partial charge in [-0.3, -0.25) is 14.4 Å². The van der Waals surface area contributed by atoms with E-state index in [-0.39, 0.29) is 11.6 Å². The minimum atomic E-state index is -1.04. The second kappa shape index (κ2) is 7.48. The van der Waals surface area contributed by atoms with Gasteiger partial charge >= 0.3 is 0 Å². The second-order valence-corrected chi connectivity index (χ2v) is 5.92. The summed E-state index contributed by atoms with van der Waals surface area (Å²) in [4.78, 5) is 38.6. The summed E-state index contributed by atoms with van der Waals surface area (Å²) >= 11 is 0. The first-order chi connectivity index (χ1) is 11.0. The highest BCUT2D eigenvalue weighted by atomic mass is 16.3. The van der Waals surface area contributed by atoms with Gasteiger partial charge in [-0.05, 0) is 26.7 Å². The van der Waals surface area contributed by atoms with E-state index in [0.29, 0.717) is 13.1 Å². The van der Waals surface area contributed by atoms with Crippen molar-refractivity contribution >= 4 is 17.7 Å². The van der Waals surface area contributed by atoms with E-state index in [1.54, 1.807) is 13.8 Å². The molecule has 1 unspecified atom stereocenters. The van der Waals surface area contributed by atoms with Gasteiger partial charge in [0.05, 0.1) is 5.57 Å². The van der Waals surface area contributed by atoms with E-state index in [9.17, 15) is 19.5 Å². The van der Waals surface area contributed by atoms with E-state index in [2.05, 4.69) is 10.6 Å². The van der Waals surface area contributed by atoms with Crippen LogP contribution in [0.4, 0.5) is 0 Å². The van der Waals surface area contributed by atoms with Crippen molar-refractivity contribution in [2.75, 3.05) is 13.1 Å². The molecular weight excluding hydrogens is 298 g/mol. The van der Waals surface area contributed by atoms with Crippen molar-refractivity contribution in [3.05, 3.63) is 11.3 Å². The predicted octanol–water partition coefficient (Wildman–Crippen LogP) is 0.614. The summed E-state index contributed by atoms with van der Waals surface area (Å²) in [5.74, 6) is -2.20. The summed E-state index contributed by atoms with van der Waals surface area (Å²) in [5, 5.41) is 15.4. The Balaban J connectivity index is 2.36. The number of hydrogen-bond acceptors (Lipinski definition) is 4. The van der Waals surface area contributed by atoms with Crippen LogP contribution in [0.5, 0.6) is 0 Å². The predicted molar refractivity (Wildman–Crippen MR) is 84.5 cm³/mol. The summed E-state index contributed by atoms with van der Waals surface area (Å²) in [6.45, 7) is 4.27. The number of carbonyl (C=O) groups excluding carboxylic acids is 3. The van der Waals surface area contributed by atoms with Crippen LogP contribution in [0.3, 0.4) is 0 Å². The normalized spacial score (nSPS) is 22.4. The van der Waals surface area contributed by atoms with Crippen molar-refractivity contribution in [3.63, 3.8) is 0 Å².